The van der Waals surface area contributed by atoms with E-state index in [0.717, 1.165) is 32.2 Å². The summed E-state index contributed by atoms with van der Waals surface area (Å²) in [6.07, 6.45) is 3.26. The average molecular weight is 403 g/mol. The molecule has 6 aliphatic heterocycles. The summed E-state index contributed by atoms with van der Waals surface area (Å²) in [7, 11) is 1.56. The third-order valence-corrected chi connectivity index (χ3v) is 8.63. The van der Waals surface area contributed by atoms with E-state index in [1.54, 1.807) is 14.0 Å². The lowest BCUT2D eigenvalue weighted by atomic mass is 9.69. The minimum absolute atomic E-state index is 0.0649. The van der Waals surface area contributed by atoms with Gasteiger partial charge in [-0.15, -0.1) is 0 Å². The topological polar surface area (TPSA) is 77.5 Å². The molecule has 0 aromatic carbocycles. The van der Waals surface area contributed by atoms with E-state index in [2.05, 4.69) is 11.8 Å². The Labute approximate surface area is 170 Å². The maximum absolute atomic E-state index is 12.2. The lowest BCUT2D eigenvalue weighted by Gasteiger charge is -2.48. The number of hydrogen-bond donors (Lipinski definition) is 1. The summed E-state index contributed by atoms with van der Waals surface area (Å²) in [6, 6.07) is 0.373. The van der Waals surface area contributed by atoms with Crippen LogP contribution in [0.5, 0.6) is 0 Å². The number of carbonyl (C=O) groups is 1. The number of allylic oxidation sites excluding steroid dienone is 1. The van der Waals surface area contributed by atoms with E-state index >= 15 is 0 Å². The van der Waals surface area contributed by atoms with Crippen LogP contribution in [0.3, 0.4) is 0 Å². The highest BCUT2D eigenvalue weighted by Gasteiger charge is 2.84. The van der Waals surface area contributed by atoms with Crippen molar-refractivity contribution in [2.75, 3.05) is 13.7 Å². The monoisotopic (exact) mass is 403 g/mol. The van der Waals surface area contributed by atoms with Crippen molar-refractivity contribution in [3.8, 4) is 0 Å². The molecule has 0 amide bonds. The van der Waals surface area contributed by atoms with Crippen LogP contribution in [0.15, 0.2) is 22.9 Å². The molecule has 6 aliphatic rings. The highest BCUT2D eigenvalue weighted by Crippen LogP contribution is 2.73. The largest absolute Gasteiger partial charge is 0.492 e. The number of nitrogens with zero attached hydrogens (tertiary/aromatic N) is 1. The summed E-state index contributed by atoms with van der Waals surface area (Å²) >= 11 is 0. The van der Waals surface area contributed by atoms with E-state index in [0.29, 0.717) is 28.9 Å². The smallest absolute Gasteiger partial charge is 0.343 e. The van der Waals surface area contributed by atoms with Gasteiger partial charge in [-0.2, -0.15) is 0 Å². The Morgan fingerprint density at radius 3 is 2.93 bits per heavy atom. The van der Waals surface area contributed by atoms with Crippen molar-refractivity contribution in [1.29, 1.82) is 0 Å². The molecule has 6 unspecified atom stereocenters. The normalized spacial score (nSPS) is 52.2. The number of fused-ring (bicyclic) bond motifs is 1. The fraction of sp³-hybridized carbons (Fsp3) is 0.773. The van der Waals surface area contributed by atoms with Gasteiger partial charge in [0.05, 0.1) is 36.3 Å². The third-order valence-electron chi connectivity index (χ3n) is 8.63. The first-order valence-corrected chi connectivity index (χ1v) is 10.9. The van der Waals surface area contributed by atoms with Gasteiger partial charge in [-0.1, -0.05) is 13.8 Å². The van der Waals surface area contributed by atoms with Gasteiger partial charge < -0.3 is 24.1 Å². The number of ether oxygens (including phenoxy) is 4. The van der Waals surface area contributed by atoms with Gasteiger partial charge in [0.2, 0.25) is 11.5 Å². The van der Waals surface area contributed by atoms with Crippen LogP contribution in [0, 0.1) is 17.8 Å². The van der Waals surface area contributed by atoms with Gasteiger partial charge in [-0.3, -0.25) is 4.90 Å². The fourth-order valence-corrected chi connectivity index (χ4v) is 7.61. The molecule has 1 spiro atoms. The SMILES string of the molecule is CC[C@@H](O)CC12C3CC4C5[C@@H](C)/C(=C6/OC(=O)C(C)=C6OC)O[C@]5(O3)C1CCN42. The van der Waals surface area contributed by atoms with E-state index in [1.165, 1.54) is 0 Å². The molecule has 7 heteroatoms. The second-order valence-electron chi connectivity index (χ2n) is 9.58. The summed E-state index contributed by atoms with van der Waals surface area (Å²) in [5.41, 5.74) is 0.346. The lowest BCUT2D eigenvalue weighted by Crippen LogP contribution is -2.61. The predicted molar refractivity (Wildman–Crippen MR) is 101 cm³/mol. The van der Waals surface area contributed by atoms with E-state index in [1.807, 2.05) is 6.92 Å². The number of rotatable bonds is 4. The average Bonchev–Trinajstić information content (AvgIpc) is 3.40. The van der Waals surface area contributed by atoms with Crippen LogP contribution in [-0.4, -0.2) is 59.2 Å². The molecule has 1 N–H and O–H groups in total. The highest BCUT2D eigenvalue weighted by atomic mass is 16.7. The van der Waals surface area contributed by atoms with Crippen LogP contribution < -0.4 is 0 Å². The standard InChI is InChI=1S/C22H29NO6/c1-5-12(24)9-21-14-6-7-23(21)13-8-15(21)28-22(14)16(13)10(2)18(29-22)19-17(26-4)11(3)20(25)27-19/h10,12-16,24H,5-9H2,1-4H3/b19-18-/t10-,12-,13?,14?,15?,16?,21?,22-/m1/s1. The molecule has 7 nitrogen and oxygen atoms in total. The number of cyclic esters (lactones) is 1. The van der Waals surface area contributed by atoms with Crippen molar-refractivity contribution >= 4 is 5.97 Å². The number of hydrogen-bond acceptors (Lipinski definition) is 7. The zero-order valence-corrected chi connectivity index (χ0v) is 17.4. The van der Waals surface area contributed by atoms with Crippen molar-refractivity contribution in [2.45, 2.75) is 76.0 Å². The van der Waals surface area contributed by atoms with Crippen molar-refractivity contribution in [3.63, 3.8) is 0 Å². The van der Waals surface area contributed by atoms with Crippen LogP contribution in [0.1, 0.15) is 46.5 Å². The summed E-state index contributed by atoms with van der Waals surface area (Å²) in [5.74, 6) is 0.990. The molecule has 0 aliphatic carbocycles. The number of carbonyl (C=O) groups excluding carboxylic acids is 1. The maximum Gasteiger partial charge on any atom is 0.343 e. The Bertz CT molecular complexity index is 865. The molecular weight excluding hydrogens is 374 g/mol. The Balaban J connectivity index is 1.46. The molecular formula is C22H29NO6. The molecule has 5 fully saturated rings. The predicted octanol–water partition coefficient (Wildman–Crippen LogP) is 2.06. The van der Waals surface area contributed by atoms with Gasteiger partial charge in [0.25, 0.3) is 0 Å². The Morgan fingerprint density at radius 2 is 2.21 bits per heavy atom. The molecule has 0 saturated carbocycles. The first-order chi connectivity index (χ1) is 13.9. The zero-order chi connectivity index (χ0) is 20.3. The molecule has 0 radical (unpaired) electrons. The van der Waals surface area contributed by atoms with E-state index < -0.39 is 5.79 Å². The maximum atomic E-state index is 12.2. The quantitative estimate of drug-likeness (QED) is 0.720. The van der Waals surface area contributed by atoms with Crippen molar-refractivity contribution in [2.24, 2.45) is 17.8 Å². The number of methoxy groups -OCH3 is 1. The van der Waals surface area contributed by atoms with Gasteiger partial charge in [0.15, 0.2) is 5.76 Å². The first kappa shape index (κ1) is 18.2. The number of piperidine rings is 1. The Kier molecular flexibility index (Phi) is 3.49. The lowest BCUT2D eigenvalue weighted by molar-refractivity contribution is -0.256. The molecule has 6 heterocycles. The molecule has 158 valence electrons. The van der Waals surface area contributed by atoms with Crippen LogP contribution >= 0.6 is 0 Å². The van der Waals surface area contributed by atoms with Crippen LogP contribution in [0.25, 0.3) is 0 Å². The van der Waals surface area contributed by atoms with Gasteiger partial charge in [-0.05, 0) is 39.2 Å². The van der Waals surface area contributed by atoms with Crippen molar-refractivity contribution in [1.82, 2.24) is 4.90 Å². The summed E-state index contributed by atoms with van der Waals surface area (Å²) in [4.78, 5) is 14.8. The number of aliphatic hydroxyl groups is 1. The van der Waals surface area contributed by atoms with Gasteiger partial charge in [0.1, 0.15) is 5.76 Å². The summed E-state index contributed by atoms with van der Waals surface area (Å²) in [5, 5.41) is 10.6. The number of aliphatic hydroxyl groups excluding tert-OH is 1. The second kappa shape index (κ2) is 5.56. The first-order valence-electron chi connectivity index (χ1n) is 10.9. The Hall–Kier alpha value is -1.57. The van der Waals surface area contributed by atoms with Crippen LogP contribution in [-0.2, 0) is 23.7 Å². The number of esters is 1. The molecule has 0 aromatic rings. The zero-order valence-electron chi connectivity index (χ0n) is 17.4. The molecule has 6 rings (SSSR count). The highest BCUT2D eigenvalue weighted by molar-refractivity contribution is 5.93. The summed E-state index contributed by atoms with van der Waals surface area (Å²) in [6.45, 7) is 6.95. The molecule has 5 bridgehead atoms. The molecule has 5 saturated heterocycles. The van der Waals surface area contributed by atoms with E-state index in [9.17, 15) is 9.90 Å². The molecule has 9 atom stereocenters. The molecule has 0 aromatic heterocycles. The fourth-order valence-electron chi connectivity index (χ4n) is 7.61. The van der Waals surface area contributed by atoms with Gasteiger partial charge in [-0.25, -0.2) is 4.79 Å². The van der Waals surface area contributed by atoms with Crippen molar-refractivity contribution in [3.05, 3.63) is 22.9 Å². The third kappa shape index (κ3) is 1.85. The van der Waals surface area contributed by atoms with E-state index in [4.69, 9.17) is 18.9 Å². The van der Waals surface area contributed by atoms with Crippen LogP contribution in [0.2, 0.25) is 0 Å². The molecule has 29 heavy (non-hydrogen) atoms. The second-order valence-corrected chi connectivity index (χ2v) is 9.58. The minimum atomic E-state index is -0.683. The van der Waals surface area contributed by atoms with Crippen LogP contribution in [0.4, 0.5) is 0 Å². The van der Waals surface area contributed by atoms with Gasteiger partial charge in [0, 0.05) is 17.9 Å². The minimum Gasteiger partial charge on any atom is -0.492 e. The Morgan fingerprint density at radius 1 is 1.41 bits per heavy atom. The summed E-state index contributed by atoms with van der Waals surface area (Å²) < 4.78 is 24.5. The van der Waals surface area contributed by atoms with E-state index in [-0.39, 0.29) is 41.5 Å². The van der Waals surface area contributed by atoms with Gasteiger partial charge >= 0.3 is 5.97 Å². The van der Waals surface area contributed by atoms with Crippen molar-refractivity contribution < 1.29 is 28.8 Å².